The number of nitrogens with one attached hydrogen (secondary N) is 1. The molecule has 1 aliphatic carbocycles. The van der Waals surface area contributed by atoms with E-state index in [1.165, 1.54) is 35.8 Å². The van der Waals surface area contributed by atoms with E-state index in [0.717, 1.165) is 24.9 Å². The van der Waals surface area contributed by atoms with Gasteiger partial charge in [-0.2, -0.15) is 0 Å². The average molecular weight is 353 g/mol. The van der Waals surface area contributed by atoms with Crippen LogP contribution in [-0.2, 0) is 6.54 Å². The lowest BCUT2D eigenvalue weighted by Gasteiger charge is -2.37. The van der Waals surface area contributed by atoms with E-state index in [0.29, 0.717) is 6.04 Å². The van der Waals surface area contributed by atoms with Crippen LogP contribution in [0.4, 0.5) is 0 Å². The Kier molecular flexibility index (Phi) is 6.72. The molecule has 21 heavy (non-hydrogen) atoms. The second kappa shape index (κ2) is 8.30. The highest BCUT2D eigenvalue weighted by Crippen LogP contribution is 2.30. The van der Waals surface area contributed by atoms with Crippen LogP contribution in [0.5, 0.6) is 0 Å². The van der Waals surface area contributed by atoms with Crippen molar-refractivity contribution in [1.29, 1.82) is 0 Å². The molecule has 2 rings (SSSR count). The minimum atomic E-state index is 0.702. The molecule has 118 valence electrons. The molecule has 2 nitrogen and oxygen atoms in total. The highest BCUT2D eigenvalue weighted by Gasteiger charge is 2.28. The Hall–Kier alpha value is -0.380. The summed E-state index contributed by atoms with van der Waals surface area (Å²) in [6, 6.07) is 9.25. The Morgan fingerprint density at radius 2 is 2.05 bits per heavy atom. The monoisotopic (exact) mass is 352 g/mol. The summed E-state index contributed by atoms with van der Waals surface area (Å²) in [5, 5.41) is 3.70. The summed E-state index contributed by atoms with van der Waals surface area (Å²) in [7, 11) is 2.25. The van der Waals surface area contributed by atoms with Crippen molar-refractivity contribution < 1.29 is 0 Å². The molecule has 1 saturated carbocycles. The SMILES string of the molecule is CCNC1CCC(C)CC1CN(C)Cc1ccccc1Br. The highest BCUT2D eigenvalue weighted by molar-refractivity contribution is 9.10. The number of benzene rings is 1. The number of rotatable bonds is 6. The van der Waals surface area contributed by atoms with E-state index in [2.05, 4.69) is 71.3 Å². The molecule has 0 spiro atoms. The van der Waals surface area contributed by atoms with Crippen LogP contribution >= 0.6 is 15.9 Å². The third kappa shape index (κ3) is 5.08. The molecule has 1 aromatic carbocycles. The molecule has 1 aromatic rings. The summed E-state index contributed by atoms with van der Waals surface area (Å²) in [6.45, 7) is 7.92. The molecule has 0 amide bonds. The summed E-state index contributed by atoms with van der Waals surface area (Å²) < 4.78 is 1.22. The van der Waals surface area contributed by atoms with E-state index in [1.54, 1.807) is 0 Å². The van der Waals surface area contributed by atoms with E-state index < -0.39 is 0 Å². The highest BCUT2D eigenvalue weighted by atomic mass is 79.9. The van der Waals surface area contributed by atoms with E-state index in [-0.39, 0.29) is 0 Å². The third-order valence-electron chi connectivity index (χ3n) is 4.66. The molecule has 0 aliphatic heterocycles. The predicted octanol–water partition coefficient (Wildman–Crippen LogP) is 4.30. The van der Waals surface area contributed by atoms with Gasteiger partial charge in [0.25, 0.3) is 0 Å². The van der Waals surface area contributed by atoms with Crippen molar-refractivity contribution >= 4 is 15.9 Å². The van der Waals surface area contributed by atoms with E-state index >= 15 is 0 Å². The molecule has 0 aromatic heterocycles. The molecule has 0 bridgehead atoms. The molecule has 0 heterocycles. The second-order valence-electron chi connectivity index (χ2n) is 6.63. The second-order valence-corrected chi connectivity index (χ2v) is 7.48. The minimum absolute atomic E-state index is 0.702. The van der Waals surface area contributed by atoms with Gasteiger partial charge in [0.1, 0.15) is 0 Å². The van der Waals surface area contributed by atoms with Crippen LogP contribution in [0.2, 0.25) is 0 Å². The summed E-state index contributed by atoms with van der Waals surface area (Å²) in [5.41, 5.74) is 1.38. The van der Waals surface area contributed by atoms with Gasteiger partial charge in [-0.15, -0.1) is 0 Å². The Bertz CT molecular complexity index is 435. The Labute approximate surface area is 138 Å². The molecular formula is C18H29BrN2. The van der Waals surface area contributed by atoms with Gasteiger partial charge < -0.3 is 10.2 Å². The summed E-state index contributed by atoms with van der Waals surface area (Å²) in [6.07, 6.45) is 4.07. The topological polar surface area (TPSA) is 15.3 Å². The van der Waals surface area contributed by atoms with Gasteiger partial charge in [0.2, 0.25) is 0 Å². The minimum Gasteiger partial charge on any atom is -0.314 e. The first-order chi connectivity index (χ1) is 10.1. The van der Waals surface area contributed by atoms with Crippen molar-refractivity contribution in [2.75, 3.05) is 20.1 Å². The van der Waals surface area contributed by atoms with Crippen LogP contribution in [0.1, 0.15) is 38.7 Å². The van der Waals surface area contributed by atoms with Gasteiger partial charge >= 0.3 is 0 Å². The fourth-order valence-corrected chi connectivity index (χ4v) is 4.02. The Balaban J connectivity index is 1.93. The maximum atomic E-state index is 3.70. The van der Waals surface area contributed by atoms with E-state index in [1.807, 2.05) is 0 Å². The van der Waals surface area contributed by atoms with Gasteiger partial charge in [-0.05, 0) is 56.3 Å². The van der Waals surface area contributed by atoms with Gasteiger partial charge in [0.05, 0.1) is 0 Å². The summed E-state index contributed by atoms with van der Waals surface area (Å²) in [4.78, 5) is 2.48. The molecule has 3 atom stereocenters. The van der Waals surface area contributed by atoms with Gasteiger partial charge in [-0.1, -0.05) is 48.0 Å². The average Bonchev–Trinajstić information content (AvgIpc) is 2.44. The first kappa shape index (κ1) is 17.0. The molecule has 0 radical (unpaired) electrons. The van der Waals surface area contributed by atoms with Crippen LogP contribution in [0.25, 0.3) is 0 Å². The van der Waals surface area contributed by atoms with Crippen LogP contribution in [0.3, 0.4) is 0 Å². The third-order valence-corrected chi connectivity index (χ3v) is 5.43. The van der Waals surface area contributed by atoms with Crippen molar-refractivity contribution in [3.05, 3.63) is 34.3 Å². The lowest BCUT2D eigenvalue weighted by Crippen LogP contribution is -2.44. The quantitative estimate of drug-likeness (QED) is 0.821. The van der Waals surface area contributed by atoms with Crippen LogP contribution in [-0.4, -0.2) is 31.1 Å². The molecule has 1 aliphatic rings. The fraction of sp³-hybridized carbons (Fsp3) is 0.667. The summed E-state index contributed by atoms with van der Waals surface area (Å²) >= 11 is 3.66. The summed E-state index contributed by atoms with van der Waals surface area (Å²) in [5.74, 6) is 1.66. The normalized spacial score (nSPS) is 26.2. The van der Waals surface area contributed by atoms with E-state index in [4.69, 9.17) is 0 Å². The molecular weight excluding hydrogens is 324 g/mol. The number of hydrogen-bond donors (Lipinski definition) is 1. The van der Waals surface area contributed by atoms with Crippen molar-refractivity contribution in [2.24, 2.45) is 11.8 Å². The first-order valence-corrected chi connectivity index (χ1v) is 9.04. The van der Waals surface area contributed by atoms with Crippen LogP contribution < -0.4 is 5.32 Å². The standard InChI is InChI=1S/C18H29BrN2/c1-4-20-18-10-9-14(2)11-16(18)13-21(3)12-15-7-5-6-8-17(15)19/h5-8,14,16,18,20H,4,9-13H2,1-3H3. The smallest absolute Gasteiger partial charge is 0.0242 e. The lowest BCUT2D eigenvalue weighted by molar-refractivity contribution is 0.158. The van der Waals surface area contributed by atoms with Gasteiger partial charge in [-0.3, -0.25) is 0 Å². The number of nitrogens with zero attached hydrogens (tertiary/aromatic N) is 1. The van der Waals surface area contributed by atoms with Crippen molar-refractivity contribution in [2.45, 2.75) is 45.7 Å². The van der Waals surface area contributed by atoms with Crippen LogP contribution in [0.15, 0.2) is 28.7 Å². The zero-order chi connectivity index (χ0) is 15.2. The Morgan fingerprint density at radius 3 is 2.76 bits per heavy atom. The molecule has 1 N–H and O–H groups in total. The number of hydrogen-bond acceptors (Lipinski definition) is 2. The van der Waals surface area contributed by atoms with Gasteiger partial charge in [0, 0.05) is 23.6 Å². The predicted molar refractivity (Wildman–Crippen MR) is 94.4 cm³/mol. The molecule has 1 fully saturated rings. The van der Waals surface area contributed by atoms with Gasteiger partial charge in [-0.25, -0.2) is 0 Å². The van der Waals surface area contributed by atoms with E-state index in [9.17, 15) is 0 Å². The maximum Gasteiger partial charge on any atom is 0.0242 e. The van der Waals surface area contributed by atoms with Crippen molar-refractivity contribution in [1.82, 2.24) is 10.2 Å². The fourth-order valence-electron chi connectivity index (χ4n) is 3.61. The molecule has 3 heteroatoms. The van der Waals surface area contributed by atoms with Crippen molar-refractivity contribution in [3.8, 4) is 0 Å². The van der Waals surface area contributed by atoms with Gasteiger partial charge in [0.15, 0.2) is 0 Å². The maximum absolute atomic E-state index is 3.70. The zero-order valence-corrected chi connectivity index (χ0v) is 15.2. The van der Waals surface area contributed by atoms with Crippen molar-refractivity contribution in [3.63, 3.8) is 0 Å². The largest absolute Gasteiger partial charge is 0.314 e. The number of halogens is 1. The molecule has 3 unspecified atom stereocenters. The first-order valence-electron chi connectivity index (χ1n) is 8.25. The zero-order valence-electron chi connectivity index (χ0n) is 13.6. The lowest BCUT2D eigenvalue weighted by atomic mass is 9.78. The van der Waals surface area contributed by atoms with Crippen LogP contribution in [0, 0.1) is 11.8 Å². The Morgan fingerprint density at radius 1 is 1.29 bits per heavy atom. The molecule has 0 saturated heterocycles.